The first-order valence-corrected chi connectivity index (χ1v) is 6.82. The molecule has 2 heterocycles. The minimum Gasteiger partial charge on any atom is -0.432 e. The molecule has 1 saturated carbocycles. The van der Waals surface area contributed by atoms with E-state index < -0.39 is 0 Å². The van der Waals surface area contributed by atoms with Crippen LogP contribution < -0.4 is 0 Å². The third-order valence-electron chi connectivity index (χ3n) is 4.68. The van der Waals surface area contributed by atoms with Crippen molar-refractivity contribution >= 4 is 5.97 Å². The maximum absolute atomic E-state index is 11.5. The van der Waals surface area contributed by atoms with Crippen LogP contribution in [0.1, 0.15) is 53.4 Å². The van der Waals surface area contributed by atoms with E-state index in [1.807, 2.05) is 0 Å². The van der Waals surface area contributed by atoms with Gasteiger partial charge in [0.05, 0.1) is 11.7 Å². The van der Waals surface area contributed by atoms with Crippen molar-refractivity contribution < 1.29 is 19.0 Å². The Bertz CT molecular complexity index is 386. The zero-order valence-electron chi connectivity index (χ0n) is 11.6. The van der Waals surface area contributed by atoms with Crippen molar-refractivity contribution in [1.82, 2.24) is 0 Å². The van der Waals surface area contributed by atoms with Crippen LogP contribution in [0.15, 0.2) is 0 Å². The minimum absolute atomic E-state index is 0.100. The number of esters is 1. The molecule has 2 aliphatic heterocycles. The fourth-order valence-corrected chi connectivity index (χ4v) is 3.61. The largest absolute Gasteiger partial charge is 0.432 e. The highest BCUT2D eigenvalue weighted by Crippen LogP contribution is 2.65. The van der Waals surface area contributed by atoms with Crippen molar-refractivity contribution in [2.24, 2.45) is 5.41 Å². The molecular weight excluding hydrogens is 232 g/mol. The summed E-state index contributed by atoms with van der Waals surface area (Å²) in [6, 6.07) is 0. The van der Waals surface area contributed by atoms with Crippen molar-refractivity contribution in [3.63, 3.8) is 0 Å². The van der Waals surface area contributed by atoms with Crippen LogP contribution in [0.5, 0.6) is 0 Å². The fourth-order valence-electron chi connectivity index (χ4n) is 3.61. The van der Waals surface area contributed by atoms with Gasteiger partial charge in [-0.1, -0.05) is 6.92 Å². The number of hydrogen-bond acceptors (Lipinski definition) is 4. The summed E-state index contributed by atoms with van der Waals surface area (Å²) in [6.45, 7) is 8.42. The molecule has 1 aliphatic carbocycles. The molecule has 0 aromatic carbocycles. The van der Waals surface area contributed by atoms with Gasteiger partial charge in [0.15, 0.2) is 0 Å². The van der Waals surface area contributed by atoms with Gasteiger partial charge in [0.25, 0.3) is 0 Å². The summed E-state index contributed by atoms with van der Waals surface area (Å²) >= 11 is 0. The average molecular weight is 254 g/mol. The maximum Gasteiger partial charge on any atom is 0.308 e. The molecule has 0 unspecified atom stereocenters. The Morgan fingerprint density at radius 3 is 2.72 bits per heavy atom. The molecule has 102 valence electrons. The fraction of sp³-hybridized carbons (Fsp3) is 0.929. The second-order valence-corrected chi connectivity index (χ2v) is 7.00. The molecule has 4 nitrogen and oxygen atoms in total. The first-order chi connectivity index (χ1) is 8.27. The molecule has 1 spiro atoms. The van der Waals surface area contributed by atoms with E-state index in [9.17, 15) is 4.79 Å². The highest BCUT2D eigenvalue weighted by molar-refractivity contribution is 5.70. The third-order valence-corrected chi connectivity index (χ3v) is 4.68. The topological polar surface area (TPSA) is 48.1 Å². The lowest BCUT2D eigenvalue weighted by molar-refractivity contribution is -0.149. The van der Waals surface area contributed by atoms with Gasteiger partial charge >= 0.3 is 5.97 Å². The molecule has 0 radical (unpaired) electrons. The molecule has 0 aromatic rings. The standard InChI is InChI=1S/C14H22O4/c1-12(2,3)17-9-5-8-14-11(18-14)16-10(15)6-7-13(9,14)4/h9,11H,5-8H2,1-4H3/t9-,11+,13+,14-/m0/s1. The van der Waals surface area contributed by atoms with Gasteiger partial charge in [-0.2, -0.15) is 0 Å². The molecular formula is C14H22O4. The number of ether oxygens (including phenoxy) is 3. The van der Waals surface area contributed by atoms with Crippen LogP contribution >= 0.6 is 0 Å². The Balaban J connectivity index is 1.86. The van der Waals surface area contributed by atoms with Crippen LogP contribution in [-0.2, 0) is 19.0 Å². The van der Waals surface area contributed by atoms with Crippen molar-refractivity contribution in [2.45, 2.75) is 77.0 Å². The van der Waals surface area contributed by atoms with Crippen molar-refractivity contribution in [3.05, 3.63) is 0 Å². The Hall–Kier alpha value is -0.610. The highest BCUT2D eigenvalue weighted by atomic mass is 16.8. The normalized spacial score (nSPS) is 47.0. The summed E-state index contributed by atoms with van der Waals surface area (Å²) in [6.07, 6.45) is 3.01. The first kappa shape index (κ1) is 12.4. The number of carbonyl (C=O) groups is 1. The average Bonchev–Trinajstić information content (AvgIpc) is 2.88. The van der Waals surface area contributed by atoms with Gasteiger partial charge in [0.2, 0.25) is 6.29 Å². The quantitative estimate of drug-likeness (QED) is 0.532. The molecule has 18 heavy (non-hydrogen) atoms. The lowest BCUT2D eigenvalue weighted by atomic mass is 9.74. The molecule has 0 aromatic heterocycles. The van der Waals surface area contributed by atoms with E-state index in [0.717, 1.165) is 19.3 Å². The number of carbonyl (C=O) groups excluding carboxylic acids is 1. The molecule has 4 heteroatoms. The van der Waals surface area contributed by atoms with Crippen molar-refractivity contribution in [1.29, 1.82) is 0 Å². The van der Waals surface area contributed by atoms with Gasteiger partial charge in [-0.05, 0) is 40.0 Å². The molecule has 0 N–H and O–H groups in total. The van der Waals surface area contributed by atoms with E-state index in [1.165, 1.54) is 0 Å². The highest BCUT2D eigenvalue weighted by Gasteiger charge is 2.75. The van der Waals surface area contributed by atoms with E-state index in [1.54, 1.807) is 0 Å². The first-order valence-electron chi connectivity index (χ1n) is 6.82. The van der Waals surface area contributed by atoms with Crippen LogP contribution in [-0.4, -0.2) is 29.6 Å². The van der Waals surface area contributed by atoms with Gasteiger partial charge < -0.3 is 14.2 Å². The van der Waals surface area contributed by atoms with Crippen molar-refractivity contribution in [3.8, 4) is 0 Å². The van der Waals surface area contributed by atoms with Crippen LogP contribution in [0, 0.1) is 5.41 Å². The molecule has 0 bridgehead atoms. The third kappa shape index (κ3) is 1.62. The predicted molar refractivity (Wildman–Crippen MR) is 64.9 cm³/mol. The van der Waals surface area contributed by atoms with E-state index >= 15 is 0 Å². The monoisotopic (exact) mass is 254 g/mol. The van der Waals surface area contributed by atoms with Crippen LogP contribution in [0.25, 0.3) is 0 Å². The minimum atomic E-state index is -0.328. The maximum atomic E-state index is 11.5. The molecule has 3 aliphatic rings. The number of rotatable bonds is 1. The van der Waals surface area contributed by atoms with Crippen LogP contribution in [0.2, 0.25) is 0 Å². The van der Waals surface area contributed by atoms with Crippen LogP contribution in [0.4, 0.5) is 0 Å². The lowest BCUT2D eigenvalue weighted by Crippen LogP contribution is -2.43. The van der Waals surface area contributed by atoms with Gasteiger partial charge in [-0.25, -0.2) is 0 Å². The summed E-state index contributed by atoms with van der Waals surface area (Å²) in [4.78, 5) is 11.5. The van der Waals surface area contributed by atoms with E-state index in [0.29, 0.717) is 6.42 Å². The second-order valence-electron chi connectivity index (χ2n) is 7.00. The molecule has 3 fully saturated rings. The summed E-state index contributed by atoms with van der Waals surface area (Å²) in [5.41, 5.74) is -0.535. The summed E-state index contributed by atoms with van der Waals surface area (Å²) in [5.74, 6) is -0.137. The molecule has 0 amide bonds. The smallest absolute Gasteiger partial charge is 0.308 e. The molecule has 3 rings (SSSR count). The Morgan fingerprint density at radius 1 is 1.33 bits per heavy atom. The Morgan fingerprint density at radius 2 is 2.06 bits per heavy atom. The second kappa shape index (κ2) is 3.48. The van der Waals surface area contributed by atoms with E-state index in [2.05, 4.69) is 27.7 Å². The van der Waals surface area contributed by atoms with E-state index in [-0.39, 0.29) is 35.0 Å². The summed E-state index contributed by atoms with van der Waals surface area (Å²) in [7, 11) is 0. The number of hydrogen-bond donors (Lipinski definition) is 0. The Kier molecular flexibility index (Phi) is 2.40. The summed E-state index contributed by atoms with van der Waals surface area (Å²) in [5, 5.41) is 0. The Labute approximate surface area is 108 Å². The summed E-state index contributed by atoms with van der Waals surface area (Å²) < 4.78 is 17.3. The van der Waals surface area contributed by atoms with E-state index in [4.69, 9.17) is 14.2 Å². The van der Waals surface area contributed by atoms with Gasteiger partial charge in [-0.15, -0.1) is 0 Å². The number of epoxide rings is 1. The zero-order valence-corrected chi connectivity index (χ0v) is 11.6. The molecule has 2 saturated heterocycles. The zero-order chi connectivity index (χ0) is 13.2. The van der Waals surface area contributed by atoms with Crippen molar-refractivity contribution in [2.75, 3.05) is 0 Å². The van der Waals surface area contributed by atoms with Crippen LogP contribution in [0.3, 0.4) is 0 Å². The SMILES string of the molecule is CC(C)(C)O[C@H]1CC[C@]23O[C@H]2OC(=O)CC[C@]13C. The molecule has 4 atom stereocenters. The van der Waals surface area contributed by atoms with Gasteiger partial charge in [0, 0.05) is 11.8 Å². The predicted octanol–water partition coefficient (Wildman–Crippen LogP) is 2.40. The van der Waals surface area contributed by atoms with Gasteiger partial charge in [-0.3, -0.25) is 4.79 Å². The lowest BCUT2D eigenvalue weighted by Gasteiger charge is -2.37. The van der Waals surface area contributed by atoms with Gasteiger partial charge in [0.1, 0.15) is 5.60 Å².